The number of hydrogen-bond acceptors (Lipinski definition) is 1. The molecule has 0 aromatic heterocycles. The van der Waals surface area contributed by atoms with Crippen LogP contribution in [0.25, 0.3) is 0 Å². The Bertz CT molecular complexity index is 119. The molecule has 0 radical (unpaired) electrons. The number of likely N-dealkylation sites (N-methyl/N-ethyl adjacent to an activating group) is 2. The molecule has 0 amide bonds. The van der Waals surface area contributed by atoms with Gasteiger partial charge in [-0.3, -0.25) is 4.90 Å². The van der Waals surface area contributed by atoms with Crippen LogP contribution < -0.4 is 4.90 Å². The van der Waals surface area contributed by atoms with E-state index in [4.69, 9.17) is 0 Å². The van der Waals surface area contributed by atoms with Crippen LogP contribution in [0.15, 0.2) is 0 Å². The number of nitrogens with one attached hydrogen (secondary N) is 1. The second kappa shape index (κ2) is 2.21. The van der Waals surface area contributed by atoms with E-state index in [1.54, 1.807) is 4.90 Å². The van der Waals surface area contributed by atoms with Crippen LogP contribution in [0.3, 0.4) is 0 Å². The molecule has 3 rings (SSSR count). The highest BCUT2D eigenvalue weighted by Crippen LogP contribution is 2.16. The quantitative estimate of drug-likeness (QED) is 0.453. The van der Waals surface area contributed by atoms with Crippen molar-refractivity contribution < 1.29 is 4.90 Å². The van der Waals surface area contributed by atoms with E-state index in [9.17, 15) is 0 Å². The Morgan fingerprint density at radius 1 is 1.40 bits per heavy atom. The summed E-state index contributed by atoms with van der Waals surface area (Å²) in [5, 5.41) is 0. The van der Waals surface area contributed by atoms with E-state index in [0.717, 1.165) is 12.1 Å². The summed E-state index contributed by atoms with van der Waals surface area (Å²) >= 11 is 0. The second-order valence-corrected chi connectivity index (χ2v) is 3.92. The zero-order valence-corrected chi connectivity index (χ0v) is 6.93. The number of hydrogen-bond donors (Lipinski definition) is 1. The molecule has 3 aliphatic heterocycles. The van der Waals surface area contributed by atoms with Crippen LogP contribution in [0.4, 0.5) is 0 Å². The Morgan fingerprint density at radius 2 is 2.20 bits per heavy atom. The topological polar surface area (TPSA) is 7.68 Å². The molecule has 3 fully saturated rings. The minimum atomic E-state index is 0.894. The minimum Gasteiger partial charge on any atom is -0.333 e. The van der Waals surface area contributed by atoms with Gasteiger partial charge in [0.25, 0.3) is 0 Å². The van der Waals surface area contributed by atoms with Gasteiger partial charge < -0.3 is 4.90 Å². The standard InChI is InChI=1S/C8H16N2/c1-9-5-8-4-3-7(9)6-10(8)2/h7-8H,3-6H2,1-2H3/p+1. The Balaban J connectivity index is 2.09. The van der Waals surface area contributed by atoms with Gasteiger partial charge in [0.05, 0.1) is 26.2 Å². The van der Waals surface area contributed by atoms with Gasteiger partial charge in [-0.25, -0.2) is 0 Å². The van der Waals surface area contributed by atoms with Crippen molar-refractivity contribution in [1.29, 1.82) is 0 Å². The normalized spacial score (nSPS) is 48.0. The summed E-state index contributed by atoms with van der Waals surface area (Å²) in [4.78, 5) is 4.29. The van der Waals surface area contributed by atoms with E-state index in [1.807, 2.05) is 0 Å². The van der Waals surface area contributed by atoms with Crippen molar-refractivity contribution in [3.05, 3.63) is 0 Å². The highest BCUT2D eigenvalue weighted by Gasteiger charge is 2.38. The molecule has 0 aromatic rings. The lowest BCUT2D eigenvalue weighted by Crippen LogP contribution is -3.18. The fourth-order valence-electron chi connectivity index (χ4n) is 2.40. The lowest BCUT2D eigenvalue weighted by molar-refractivity contribution is -0.920. The van der Waals surface area contributed by atoms with Crippen LogP contribution in [0.1, 0.15) is 12.8 Å². The first-order valence-electron chi connectivity index (χ1n) is 4.30. The molecule has 3 saturated heterocycles. The summed E-state index contributed by atoms with van der Waals surface area (Å²) in [7, 11) is 4.60. The monoisotopic (exact) mass is 141 g/mol. The molecule has 0 aromatic carbocycles. The van der Waals surface area contributed by atoms with Crippen LogP contribution in [-0.4, -0.2) is 44.2 Å². The second-order valence-electron chi connectivity index (χ2n) is 3.92. The highest BCUT2D eigenvalue weighted by atomic mass is 15.3. The first-order valence-corrected chi connectivity index (χ1v) is 4.30. The average Bonchev–Trinajstić information content (AvgIpc) is 1.91. The lowest BCUT2D eigenvalue weighted by Gasteiger charge is -2.45. The summed E-state index contributed by atoms with van der Waals surface area (Å²) in [5.74, 6) is 0. The van der Waals surface area contributed by atoms with Crippen LogP contribution in [-0.2, 0) is 0 Å². The summed E-state index contributed by atoms with van der Waals surface area (Å²) in [5.41, 5.74) is 0. The van der Waals surface area contributed by atoms with E-state index >= 15 is 0 Å². The van der Waals surface area contributed by atoms with Gasteiger partial charge in [0.1, 0.15) is 6.04 Å². The van der Waals surface area contributed by atoms with Gasteiger partial charge in [0.15, 0.2) is 0 Å². The number of piperidine rings is 2. The molecule has 3 atom stereocenters. The zero-order chi connectivity index (χ0) is 7.14. The predicted octanol–water partition coefficient (Wildman–Crippen LogP) is -1.02. The van der Waals surface area contributed by atoms with Crippen LogP contribution >= 0.6 is 0 Å². The van der Waals surface area contributed by atoms with Crippen LogP contribution in [0.2, 0.25) is 0 Å². The molecule has 2 bridgehead atoms. The van der Waals surface area contributed by atoms with Crippen molar-refractivity contribution in [1.82, 2.24) is 4.90 Å². The van der Waals surface area contributed by atoms with E-state index in [2.05, 4.69) is 19.0 Å². The van der Waals surface area contributed by atoms with Crippen molar-refractivity contribution in [3.63, 3.8) is 0 Å². The predicted molar refractivity (Wildman–Crippen MR) is 41.2 cm³/mol. The number of rotatable bonds is 0. The Kier molecular flexibility index (Phi) is 1.46. The van der Waals surface area contributed by atoms with E-state index in [0.29, 0.717) is 0 Å². The number of piperazine rings is 1. The van der Waals surface area contributed by atoms with E-state index in [-0.39, 0.29) is 0 Å². The molecule has 2 nitrogen and oxygen atoms in total. The molecule has 0 aliphatic carbocycles. The molecule has 2 heteroatoms. The molecule has 3 heterocycles. The largest absolute Gasteiger partial charge is 0.333 e. The molecule has 3 unspecified atom stereocenters. The third kappa shape index (κ3) is 0.867. The van der Waals surface area contributed by atoms with Crippen molar-refractivity contribution >= 4 is 0 Å². The van der Waals surface area contributed by atoms with Crippen molar-refractivity contribution in [2.45, 2.75) is 24.9 Å². The molecular weight excluding hydrogens is 124 g/mol. The molecule has 1 N–H and O–H groups in total. The van der Waals surface area contributed by atoms with Gasteiger partial charge in [-0.1, -0.05) is 0 Å². The number of quaternary nitrogens is 1. The zero-order valence-electron chi connectivity index (χ0n) is 6.93. The van der Waals surface area contributed by atoms with Gasteiger partial charge in [0, 0.05) is 6.42 Å². The summed E-state index contributed by atoms with van der Waals surface area (Å²) < 4.78 is 0. The Hall–Kier alpha value is -0.0800. The highest BCUT2D eigenvalue weighted by molar-refractivity contribution is 4.82. The van der Waals surface area contributed by atoms with Crippen molar-refractivity contribution in [3.8, 4) is 0 Å². The van der Waals surface area contributed by atoms with Gasteiger partial charge in [0.2, 0.25) is 0 Å². The third-order valence-corrected chi connectivity index (χ3v) is 3.23. The maximum Gasteiger partial charge on any atom is 0.100 e. The first kappa shape index (κ1) is 6.62. The number of nitrogens with zero attached hydrogens (tertiary/aromatic N) is 1. The fraction of sp³-hybridized carbons (Fsp3) is 1.00. The van der Waals surface area contributed by atoms with Crippen LogP contribution in [0.5, 0.6) is 0 Å². The summed E-state index contributed by atoms with van der Waals surface area (Å²) in [6.07, 6.45) is 2.90. The summed E-state index contributed by atoms with van der Waals surface area (Å²) in [6, 6.07) is 1.83. The Morgan fingerprint density at radius 3 is 2.50 bits per heavy atom. The fourth-order valence-corrected chi connectivity index (χ4v) is 2.40. The van der Waals surface area contributed by atoms with Gasteiger partial charge >= 0.3 is 0 Å². The average molecular weight is 141 g/mol. The molecular formula is C8H17N2+. The van der Waals surface area contributed by atoms with Crippen LogP contribution in [0, 0.1) is 0 Å². The van der Waals surface area contributed by atoms with Crippen molar-refractivity contribution in [2.24, 2.45) is 0 Å². The molecule has 3 aliphatic rings. The minimum absolute atomic E-state index is 0.894. The van der Waals surface area contributed by atoms with Gasteiger partial charge in [-0.2, -0.15) is 0 Å². The lowest BCUT2D eigenvalue weighted by atomic mass is 9.92. The number of fused-ring (bicyclic) bond motifs is 3. The Labute approximate surface area is 62.8 Å². The molecule has 58 valence electrons. The third-order valence-electron chi connectivity index (χ3n) is 3.23. The van der Waals surface area contributed by atoms with E-state index in [1.165, 1.54) is 25.9 Å². The summed E-state index contributed by atoms with van der Waals surface area (Å²) in [6.45, 7) is 2.71. The smallest absolute Gasteiger partial charge is 0.100 e. The van der Waals surface area contributed by atoms with Gasteiger partial charge in [-0.05, 0) is 13.5 Å². The first-order chi connectivity index (χ1) is 4.77. The van der Waals surface area contributed by atoms with Crippen molar-refractivity contribution in [2.75, 3.05) is 27.2 Å². The molecule has 0 saturated carbocycles. The maximum atomic E-state index is 2.53. The molecule has 0 spiro atoms. The van der Waals surface area contributed by atoms with Gasteiger partial charge in [-0.15, -0.1) is 0 Å². The maximum absolute atomic E-state index is 2.53. The van der Waals surface area contributed by atoms with E-state index < -0.39 is 0 Å². The SMILES string of the molecule is CN1CC2CCC1C[NH+]2C. The molecule has 10 heavy (non-hydrogen) atoms.